The van der Waals surface area contributed by atoms with Gasteiger partial charge in [0.05, 0.1) is 51.1 Å². The summed E-state index contributed by atoms with van der Waals surface area (Å²) < 4.78 is 47.9. The zero-order chi connectivity index (χ0) is 41.8. The Hall–Kier alpha value is -6.10. The zero-order valence-corrected chi connectivity index (χ0v) is 34.4. The van der Waals surface area contributed by atoms with Crippen LogP contribution in [0.25, 0.3) is 10.8 Å². The van der Waals surface area contributed by atoms with Crippen LogP contribution in [0.5, 0.6) is 28.7 Å². The number of urea groups is 1. The van der Waals surface area contributed by atoms with Gasteiger partial charge in [-0.05, 0) is 41.3 Å². The van der Waals surface area contributed by atoms with Crippen LogP contribution in [0.1, 0.15) is 26.3 Å². The quantitative estimate of drug-likeness (QED) is 0.0592. The van der Waals surface area contributed by atoms with E-state index in [0.29, 0.717) is 57.3 Å². The molecular weight excluding hydrogens is 767 g/mol. The second-order valence-corrected chi connectivity index (χ2v) is 15.3. The molecule has 5 rings (SSSR count). The minimum atomic E-state index is -1.33. The van der Waals surface area contributed by atoms with E-state index < -0.39 is 23.0 Å². The molecule has 0 spiro atoms. The Morgan fingerprint density at radius 2 is 1.52 bits per heavy atom. The summed E-state index contributed by atoms with van der Waals surface area (Å²) >= 11 is 0. The topological polar surface area (TPSA) is 179 Å². The van der Waals surface area contributed by atoms with Crippen LogP contribution in [0.4, 0.5) is 33.4 Å². The van der Waals surface area contributed by atoms with Gasteiger partial charge in [-0.2, -0.15) is 0 Å². The molecule has 16 heteroatoms. The fourth-order valence-electron chi connectivity index (χ4n) is 5.73. The van der Waals surface area contributed by atoms with Crippen LogP contribution in [0.2, 0.25) is 0 Å². The lowest BCUT2D eigenvalue weighted by atomic mass is 9.86. The van der Waals surface area contributed by atoms with E-state index in [1.165, 1.54) is 7.11 Å². The van der Waals surface area contributed by atoms with E-state index in [1.807, 2.05) is 36.4 Å². The summed E-state index contributed by atoms with van der Waals surface area (Å²) in [5, 5.41) is 19.4. The number of ether oxygens (including phenoxy) is 6. The first-order valence-electron chi connectivity index (χ1n) is 18.3. The average molecular weight is 816 g/mol. The van der Waals surface area contributed by atoms with Gasteiger partial charge in [0, 0.05) is 60.2 Å². The summed E-state index contributed by atoms with van der Waals surface area (Å²) in [6.45, 7) is 6.76. The molecule has 0 fully saturated rings. The van der Waals surface area contributed by atoms with Gasteiger partial charge in [0.1, 0.15) is 53.0 Å². The summed E-state index contributed by atoms with van der Waals surface area (Å²) in [6.07, 6.45) is 3.20. The smallest absolute Gasteiger partial charge is 0.329 e. The van der Waals surface area contributed by atoms with Crippen LogP contribution in [0.3, 0.4) is 0 Å². The van der Waals surface area contributed by atoms with Crippen LogP contribution >= 0.6 is 0 Å². The van der Waals surface area contributed by atoms with Gasteiger partial charge in [-0.3, -0.25) is 4.31 Å². The molecule has 0 saturated heterocycles. The Bertz CT molecular complexity index is 2250. The SMILES string of the molecule is COc1cc(Nc2cc(Oc3ccc(NC(=O)Nc4cc(C(C)(C)C)cc(N(C)S(C)=O)c4OC)c4ccccc34)ccn2)cc(OCCOCCOCC(=O)O)c1. The number of pyridine rings is 1. The van der Waals surface area contributed by atoms with Crippen molar-refractivity contribution >= 4 is 62.3 Å². The van der Waals surface area contributed by atoms with E-state index in [4.69, 9.17) is 33.5 Å². The molecule has 5 aromatic rings. The molecule has 0 aliphatic heterocycles. The van der Waals surface area contributed by atoms with Crippen molar-refractivity contribution in [2.75, 3.05) is 80.8 Å². The number of carboxylic acids is 1. The van der Waals surface area contributed by atoms with Gasteiger partial charge in [0.15, 0.2) is 5.75 Å². The molecule has 2 amide bonds. The lowest BCUT2D eigenvalue weighted by Gasteiger charge is -2.26. The molecule has 0 bridgehead atoms. The maximum absolute atomic E-state index is 13.6. The number of fused-ring (bicyclic) bond motifs is 1. The number of hydrogen-bond donors (Lipinski definition) is 4. The monoisotopic (exact) mass is 815 g/mol. The van der Waals surface area contributed by atoms with Crippen LogP contribution in [-0.4, -0.2) is 86.9 Å². The molecule has 0 aliphatic rings. The summed E-state index contributed by atoms with van der Waals surface area (Å²) in [7, 11) is 3.45. The lowest BCUT2D eigenvalue weighted by molar-refractivity contribution is -0.142. The summed E-state index contributed by atoms with van der Waals surface area (Å²) in [5.74, 6) is 2.05. The third-order valence-electron chi connectivity index (χ3n) is 8.69. The third kappa shape index (κ3) is 11.7. The molecule has 4 aromatic carbocycles. The maximum atomic E-state index is 13.6. The van der Waals surface area contributed by atoms with Gasteiger partial charge >= 0.3 is 12.0 Å². The largest absolute Gasteiger partial charge is 0.497 e. The number of hydrogen-bond acceptors (Lipinski definition) is 11. The Labute approximate surface area is 340 Å². The number of benzene rings is 4. The van der Waals surface area contributed by atoms with Crippen LogP contribution in [0, 0.1) is 0 Å². The number of aromatic nitrogens is 1. The summed E-state index contributed by atoms with van der Waals surface area (Å²) in [5.41, 5.74) is 2.91. The van der Waals surface area contributed by atoms with Crippen molar-refractivity contribution in [2.45, 2.75) is 26.2 Å². The molecule has 15 nitrogen and oxygen atoms in total. The summed E-state index contributed by atoms with van der Waals surface area (Å²) in [4.78, 5) is 28.6. The Kier molecular flexibility index (Phi) is 14.7. The number of carboxylic acid groups (broad SMARTS) is 1. The van der Waals surface area contributed by atoms with Crippen molar-refractivity contribution in [2.24, 2.45) is 0 Å². The second-order valence-electron chi connectivity index (χ2n) is 13.9. The molecule has 4 N–H and O–H groups in total. The highest BCUT2D eigenvalue weighted by Crippen LogP contribution is 2.41. The van der Waals surface area contributed by atoms with E-state index in [0.717, 1.165) is 16.3 Å². The number of amides is 2. The molecule has 0 saturated carbocycles. The van der Waals surface area contributed by atoms with Gasteiger partial charge in [0.2, 0.25) is 0 Å². The molecule has 1 heterocycles. The van der Waals surface area contributed by atoms with Crippen molar-refractivity contribution in [3.63, 3.8) is 0 Å². The highest BCUT2D eigenvalue weighted by Gasteiger charge is 2.24. The number of aliphatic carboxylic acids is 1. The number of carbonyl (C=O) groups is 2. The number of methoxy groups -OCH3 is 2. The highest BCUT2D eigenvalue weighted by molar-refractivity contribution is 7.85. The predicted octanol–water partition coefficient (Wildman–Crippen LogP) is 7.96. The fourth-order valence-corrected chi connectivity index (χ4v) is 6.15. The first-order valence-corrected chi connectivity index (χ1v) is 19.8. The Morgan fingerprint density at radius 1 is 0.810 bits per heavy atom. The summed E-state index contributed by atoms with van der Waals surface area (Å²) in [6, 6.07) is 23.3. The predicted molar refractivity (Wildman–Crippen MR) is 226 cm³/mol. The van der Waals surface area contributed by atoms with Crippen molar-refractivity contribution < 1.29 is 47.3 Å². The van der Waals surface area contributed by atoms with E-state index in [2.05, 4.69) is 41.7 Å². The number of anilines is 5. The minimum absolute atomic E-state index is 0.169. The van der Waals surface area contributed by atoms with Crippen molar-refractivity contribution in [3.8, 4) is 28.7 Å². The van der Waals surface area contributed by atoms with Crippen LogP contribution in [-0.2, 0) is 30.7 Å². The Morgan fingerprint density at radius 3 is 2.22 bits per heavy atom. The molecule has 0 radical (unpaired) electrons. The van der Waals surface area contributed by atoms with E-state index in [9.17, 15) is 13.8 Å². The van der Waals surface area contributed by atoms with Crippen molar-refractivity contribution in [1.29, 1.82) is 0 Å². The molecule has 1 aromatic heterocycles. The van der Waals surface area contributed by atoms with E-state index in [-0.39, 0.29) is 38.4 Å². The van der Waals surface area contributed by atoms with E-state index in [1.54, 1.807) is 73.4 Å². The molecule has 1 atom stereocenters. The third-order valence-corrected chi connectivity index (χ3v) is 9.65. The standard InChI is InChI=1S/C42H49N5O10S/c1-42(2,3)27-20-35(40(53-6)36(21-27)47(4)58(7)51)46-41(50)45-34-12-13-37(33-11-9-8-10-32(33)34)57-29-14-15-43-38(25-29)44-28-22-30(52-5)24-31(23-28)56-19-18-54-16-17-55-26-39(48)49/h8-15,20-25H,16-19,26H2,1-7H3,(H,43,44)(H,48,49)(H2,45,46,50). The molecule has 308 valence electrons. The minimum Gasteiger partial charge on any atom is -0.497 e. The molecular formula is C42H49N5O10S. The average Bonchev–Trinajstić information content (AvgIpc) is 3.18. The first kappa shape index (κ1) is 43.0. The first-order chi connectivity index (χ1) is 27.7. The number of rotatable bonds is 19. The van der Waals surface area contributed by atoms with E-state index >= 15 is 0 Å². The fraction of sp³-hybridized carbons (Fsp3) is 0.310. The van der Waals surface area contributed by atoms with Crippen molar-refractivity contribution in [1.82, 2.24) is 4.98 Å². The lowest BCUT2D eigenvalue weighted by Crippen LogP contribution is -2.24. The second kappa shape index (κ2) is 19.9. The van der Waals surface area contributed by atoms with Gasteiger partial charge in [0.25, 0.3) is 0 Å². The van der Waals surface area contributed by atoms with Gasteiger partial charge < -0.3 is 49.5 Å². The normalized spacial score (nSPS) is 11.7. The van der Waals surface area contributed by atoms with Crippen molar-refractivity contribution in [3.05, 3.63) is 90.6 Å². The maximum Gasteiger partial charge on any atom is 0.329 e. The van der Waals surface area contributed by atoms with Gasteiger partial charge in [-0.15, -0.1) is 0 Å². The molecule has 58 heavy (non-hydrogen) atoms. The number of carbonyl (C=O) groups excluding carboxylic acids is 1. The number of nitrogens with one attached hydrogen (secondary N) is 3. The van der Waals surface area contributed by atoms with Gasteiger partial charge in [-0.25, -0.2) is 18.8 Å². The Balaban J connectivity index is 1.28. The molecule has 0 aliphatic carbocycles. The van der Waals surface area contributed by atoms with Gasteiger partial charge in [-0.1, -0.05) is 45.0 Å². The van der Waals surface area contributed by atoms with Crippen LogP contribution in [0.15, 0.2) is 85.1 Å². The zero-order valence-electron chi connectivity index (χ0n) is 33.5. The van der Waals surface area contributed by atoms with Crippen LogP contribution < -0.4 is 39.2 Å². The highest BCUT2D eigenvalue weighted by atomic mass is 32.2. The number of nitrogens with zero attached hydrogens (tertiary/aromatic N) is 2. The molecule has 1 unspecified atom stereocenters.